The fraction of sp³-hybridized carbons (Fsp3) is 0.421. The molecule has 1 saturated heterocycles. The maximum Gasteiger partial charge on any atom is 0.151 e. The maximum atomic E-state index is 5.98. The van der Waals surface area contributed by atoms with Gasteiger partial charge in [0.1, 0.15) is 12.4 Å². The Hall–Kier alpha value is -2.34. The normalized spacial score (nSPS) is 15.4. The van der Waals surface area contributed by atoms with E-state index in [4.69, 9.17) is 21.2 Å². The van der Waals surface area contributed by atoms with Gasteiger partial charge in [0.25, 0.3) is 0 Å². The van der Waals surface area contributed by atoms with Gasteiger partial charge in [-0.15, -0.1) is 10.2 Å². The van der Waals surface area contributed by atoms with Crippen molar-refractivity contribution >= 4 is 23.6 Å². The highest BCUT2D eigenvalue weighted by atomic mass is 35.5. The summed E-state index contributed by atoms with van der Waals surface area (Å²) in [5.41, 5.74) is 0.965. The van der Waals surface area contributed by atoms with Crippen molar-refractivity contribution in [1.29, 1.82) is 0 Å². The first-order valence-corrected chi connectivity index (χ1v) is 9.25. The van der Waals surface area contributed by atoms with E-state index in [1.165, 1.54) is 0 Å². The lowest BCUT2D eigenvalue weighted by atomic mass is 9.98. The third kappa shape index (κ3) is 5.33. The fourth-order valence-electron chi connectivity index (χ4n) is 2.88. The first kappa shape index (κ1) is 18.5. The summed E-state index contributed by atoms with van der Waals surface area (Å²) in [5.74, 6) is 2.28. The second-order valence-electron chi connectivity index (χ2n) is 6.18. The summed E-state index contributed by atoms with van der Waals surface area (Å²) in [6.45, 7) is 5.08. The zero-order valence-corrected chi connectivity index (χ0v) is 15.6. The summed E-state index contributed by atoms with van der Waals surface area (Å²) in [4.78, 5) is 7.23. The molecule has 0 aliphatic carbocycles. The quantitative estimate of drug-likeness (QED) is 0.545. The number of hydrogen-bond donors (Lipinski definition) is 0. The molecule has 0 saturated carbocycles. The van der Waals surface area contributed by atoms with Crippen LogP contribution in [0.25, 0.3) is 0 Å². The van der Waals surface area contributed by atoms with Gasteiger partial charge >= 0.3 is 0 Å². The molecule has 1 aliphatic rings. The molecule has 138 valence electrons. The molecule has 7 heteroatoms. The van der Waals surface area contributed by atoms with Crippen molar-refractivity contribution in [2.45, 2.75) is 19.8 Å². The van der Waals surface area contributed by atoms with Crippen LogP contribution in [0.5, 0.6) is 5.75 Å². The van der Waals surface area contributed by atoms with Gasteiger partial charge in [0.15, 0.2) is 11.0 Å². The van der Waals surface area contributed by atoms with Crippen LogP contribution in [0.3, 0.4) is 0 Å². The molecule has 0 atom stereocenters. The van der Waals surface area contributed by atoms with Gasteiger partial charge in [-0.25, -0.2) is 0 Å². The van der Waals surface area contributed by atoms with E-state index in [1.807, 2.05) is 37.3 Å². The highest BCUT2D eigenvalue weighted by molar-refractivity contribution is 6.29. The van der Waals surface area contributed by atoms with E-state index in [9.17, 15) is 0 Å². The lowest BCUT2D eigenvalue weighted by molar-refractivity contribution is 0.160. The first-order chi connectivity index (χ1) is 12.7. The highest BCUT2D eigenvalue weighted by Gasteiger charge is 2.21. The number of piperidine rings is 1. The van der Waals surface area contributed by atoms with Crippen molar-refractivity contribution in [3.8, 4) is 5.75 Å². The van der Waals surface area contributed by atoms with Gasteiger partial charge in [-0.05, 0) is 55.5 Å². The molecule has 1 aromatic heterocycles. The van der Waals surface area contributed by atoms with Crippen LogP contribution in [0.1, 0.15) is 25.3 Å². The largest absolute Gasteiger partial charge is 0.493 e. The molecule has 3 rings (SSSR count). The molecule has 0 spiro atoms. The SMILES string of the molecule is CCON=Cc1cccc(OCC2CCN(c3ccc(Cl)nn3)CC2)c1. The van der Waals surface area contributed by atoms with Crippen LogP contribution in [0, 0.1) is 5.92 Å². The van der Waals surface area contributed by atoms with E-state index in [0.717, 1.165) is 43.1 Å². The van der Waals surface area contributed by atoms with Crippen LogP contribution in [0.2, 0.25) is 5.15 Å². The summed E-state index contributed by atoms with van der Waals surface area (Å²) < 4.78 is 5.98. The first-order valence-electron chi connectivity index (χ1n) is 8.87. The number of nitrogens with zero attached hydrogens (tertiary/aromatic N) is 4. The average molecular weight is 375 g/mol. The molecular weight excluding hydrogens is 352 g/mol. The topological polar surface area (TPSA) is 59.8 Å². The van der Waals surface area contributed by atoms with Crippen molar-refractivity contribution in [3.05, 3.63) is 47.1 Å². The van der Waals surface area contributed by atoms with Gasteiger partial charge in [0.2, 0.25) is 0 Å². The second kappa shape index (κ2) is 9.38. The Morgan fingerprint density at radius 1 is 1.23 bits per heavy atom. The van der Waals surface area contributed by atoms with Gasteiger partial charge in [0.05, 0.1) is 12.8 Å². The van der Waals surface area contributed by atoms with Gasteiger partial charge in [-0.1, -0.05) is 28.9 Å². The predicted molar refractivity (Wildman–Crippen MR) is 103 cm³/mol. The Morgan fingerprint density at radius 2 is 2.08 bits per heavy atom. The van der Waals surface area contributed by atoms with Crippen molar-refractivity contribution in [2.75, 3.05) is 31.2 Å². The number of ether oxygens (including phenoxy) is 1. The van der Waals surface area contributed by atoms with E-state index >= 15 is 0 Å². The molecule has 0 unspecified atom stereocenters. The minimum atomic E-state index is 0.422. The molecule has 0 radical (unpaired) electrons. The molecule has 1 aliphatic heterocycles. The molecule has 1 aromatic carbocycles. The monoisotopic (exact) mass is 374 g/mol. The number of benzene rings is 1. The maximum absolute atomic E-state index is 5.98. The minimum absolute atomic E-state index is 0.422. The summed E-state index contributed by atoms with van der Waals surface area (Å²) in [7, 11) is 0. The zero-order chi connectivity index (χ0) is 18.2. The van der Waals surface area contributed by atoms with Crippen LogP contribution in [0.15, 0.2) is 41.6 Å². The molecule has 0 N–H and O–H groups in total. The highest BCUT2D eigenvalue weighted by Crippen LogP contribution is 2.23. The summed E-state index contributed by atoms with van der Waals surface area (Å²) in [6.07, 6.45) is 3.83. The standard InChI is InChI=1S/C19H23ClN4O2/c1-2-26-21-13-16-4-3-5-17(12-16)25-14-15-8-10-24(11-9-15)19-7-6-18(20)22-23-19/h3-7,12-13,15H,2,8-11,14H2,1H3. The summed E-state index contributed by atoms with van der Waals surface area (Å²) in [5, 5.41) is 12.4. The van der Waals surface area contributed by atoms with Crippen LogP contribution < -0.4 is 9.64 Å². The Balaban J connectivity index is 1.46. The van der Waals surface area contributed by atoms with Gasteiger partial charge in [0, 0.05) is 13.1 Å². The van der Waals surface area contributed by atoms with Gasteiger partial charge in [-0.2, -0.15) is 0 Å². The lowest BCUT2D eigenvalue weighted by Gasteiger charge is -2.32. The van der Waals surface area contributed by atoms with Gasteiger partial charge in [-0.3, -0.25) is 0 Å². The van der Waals surface area contributed by atoms with Crippen molar-refractivity contribution in [3.63, 3.8) is 0 Å². The number of rotatable bonds is 7. The average Bonchev–Trinajstić information content (AvgIpc) is 2.68. The molecule has 6 nitrogen and oxygen atoms in total. The Labute approximate surface area is 158 Å². The number of halogens is 1. The van der Waals surface area contributed by atoms with E-state index < -0.39 is 0 Å². The molecule has 0 amide bonds. The Bertz CT molecular complexity index is 716. The number of oxime groups is 1. The number of aromatic nitrogens is 2. The molecular formula is C19H23ClN4O2. The Kier molecular flexibility index (Phi) is 6.66. The van der Waals surface area contributed by atoms with Crippen LogP contribution in [-0.2, 0) is 4.84 Å². The third-order valence-electron chi connectivity index (χ3n) is 4.31. The minimum Gasteiger partial charge on any atom is -0.493 e. The van der Waals surface area contributed by atoms with E-state index in [-0.39, 0.29) is 0 Å². The molecule has 0 bridgehead atoms. The third-order valence-corrected chi connectivity index (χ3v) is 4.51. The Morgan fingerprint density at radius 3 is 2.81 bits per heavy atom. The predicted octanol–water partition coefficient (Wildman–Crippen LogP) is 3.80. The van der Waals surface area contributed by atoms with Crippen LogP contribution in [0.4, 0.5) is 5.82 Å². The van der Waals surface area contributed by atoms with E-state index in [0.29, 0.717) is 24.3 Å². The molecule has 2 heterocycles. The zero-order valence-electron chi connectivity index (χ0n) is 14.8. The summed E-state index contributed by atoms with van der Waals surface area (Å²) >= 11 is 5.80. The van der Waals surface area contributed by atoms with E-state index in [1.54, 1.807) is 12.3 Å². The van der Waals surface area contributed by atoms with Crippen molar-refractivity contribution in [1.82, 2.24) is 10.2 Å². The number of hydrogen-bond acceptors (Lipinski definition) is 6. The summed E-state index contributed by atoms with van der Waals surface area (Å²) in [6, 6.07) is 11.6. The van der Waals surface area contributed by atoms with Crippen molar-refractivity contribution in [2.24, 2.45) is 11.1 Å². The van der Waals surface area contributed by atoms with Crippen LogP contribution in [-0.4, -0.2) is 42.7 Å². The number of anilines is 1. The van der Waals surface area contributed by atoms with Gasteiger partial charge < -0.3 is 14.5 Å². The lowest BCUT2D eigenvalue weighted by Crippen LogP contribution is -2.36. The molecule has 2 aromatic rings. The van der Waals surface area contributed by atoms with Crippen molar-refractivity contribution < 1.29 is 9.57 Å². The molecule has 26 heavy (non-hydrogen) atoms. The fourth-order valence-corrected chi connectivity index (χ4v) is 2.98. The van der Waals surface area contributed by atoms with Crippen LogP contribution >= 0.6 is 11.6 Å². The molecule has 1 fully saturated rings. The van der Waals surface area contributed by atoms with E-state index in [2.05, 4.69) is 20.3 Å². The smallest absolute Gasteiger partial charge is 0.151 e. The second-order valence-corrected chi connectivity index (χ2v) is 6.57.